The van der Waals surface area contributed by atoms with E-state index in [-0.39, 0.29) is 18.0 Å². The van der Waals surface area contributed by atoms with Crippen molar-refractivity contribution in [3.05, 3.63) is 53.1 Å². The minimum absolute atomic E-state index is 0.0327. The fraction of sp³-hybridized carbons (Fsp3) is 0.286. The number of aromatic nitrogens is 2. The Morgan fingerprint density at radius 2 is 2.20 bits per heavy atom. The van der Waals surface area contributed by atoms with E-state index in [2.05, 4.69) is 15.3 Å². The number of benzene rings is 1. The molecule has 2 aromatic rings. The first kappa shape index (κ1) is 14.2. The van der Waals surface area contributed by atoms with E-state index < -0.39 is 17.5 Å². The van der Waals surface area contributed by atoms with Crippen LogP contribution in [0, 0.1) is 18.6 Å². The lowest BCUT2D eigenvalue weighted by atomic mass is 10.1. The maximum absolute atomic E-state index is 13.5. The Labute approximate surface area is 115 Å². The van der Waals surface area contributed by atoms with Crippen molar-refractivity contribution >= 4 is 5.91 Å². The second-order valence-corrected chi connectivity index (χ2v) is 4.63. The summed E-state index contributed by atoms with van der Waals surface area (Å²) in [4.78, 5) is 18.9. The predicted molar refractivity (Wildman–Crippen MR) is 69.9 cm³/mol. The van der Waals surface area contributed by atoms with Crippen molar-refractivity contribution in [2.24, 2.45) is 0 Å². The highest BCUT2D eigenvalue weighted by atomic mass is 19.2. The predicted octanol–water partition coefficient (Wildman–Crippen LogP) is 2.42. The number of carbonyl (C=O) groups is 1. The molecule has 0 saturated carbocycles. The van der Waals surface area contributed by atoms with E-state index in [1.165, 1.54) is 12.1 Å². The Kier molecular flexibility index (Phi) is 4.12. The van der Waals surface area contributed by atoms with Gasteiger partial charge in [-0.1, -0.05) is 12.1 Å². The van der Waals surface area contributed by atoms with Crippen LogP contribution in [0.5, 0.6) is 0 Å². The van der Waals surface area contributed by atoms with Gasteiger partial charge in [-0.05, 0) is 19.9 Å². The number of H-pyrrole nitrogens is 1. The summed E-state index contributed by atoms with van der Waals surface area (Å²) in [7, 11) is 0. The minimum atomic E-state index is -0.982. The molecule has 2 N–H and O–H groups in total. The largest absolute Gasteiger partial charge is 0.346 e. The van der Waals surface area contributed by atoms with Crippen LogP contribution in [0.25, 0.3) is 0 Å². The summed E-state index contributed by atoms with van der Waals surface area (Å²) in [5.41, 5.74) is 0.919. The van der Waals surface area contributed by atoms with Crippen molar-refractivity contribution in [1.29, 1.82) is 0 Å². The molecule has 20 heavy (non-hydrogen) atoms. The molecular weight excluding hydrogens is 264 g/mol. The molecule has 106 valence electrons. The third-order valence-corrected chi connectivity index (χ3v) is 2.89. The van der Waals surface area contributed by atoms with E-state index in [4.69, 9.17) is 0 Å². The second kappa shape index (κ2) is 5.81. The second-order valence-electron chi connectivity index (χ2n) is 4.63. The lowest BCUT2D eigenvalue weighted by Crippen LogP contribution is -2.29. The molecule has 1 unspecified atom stereocenters. The topological polar surface area (TPSA) is 57.8 Å². The van der Waals surface area contributed by atoms with Crippen LogP contribution in [0.4, 0.5) is 8.78 Å². The van der Waals surface area contributed by atoms with Gasteiger partial charge < -0.3 is 10.3 Å². The van der Waals surface area contributed by atoms with Crippen molar-refractivity contribution in [1.82, 2.24) is 15.3 Å². The van der Waals surface area contributed by atoms with Gasteiger partial charge in [0.15, 0.2) is 11.6 Å². The van der Waals surface area contributed by atoms with Gasteiger partial charge in [0.05, 0.1) is 12.5 Å². The smallest absolute Gasteiger partial charge is 0.225 e. The third-order valence-electron chi connectivity index (χ3n) is 2.89. The van der Waals surface area contributed by atoms with Gasteiger partial charge in [0.1, 0.15) is 5.82 Å². The van der Waals surface area contributed by atoms with Crippen molar-refractivity contribution < 1.29 is 13.6 Å². The number of aryl methyl sites for hydroxylation is 1. The molecule has 0 aliphatic heterocycles. The highest BCUT2D eigenvalue weighted by Crippen LogP contribution is 2.13. The molecule has 0 radical (unpaired) electrons. The summed E-state index contributed by atoms with van der Waals surface area (Å²) >= 11 is 0. The molecule has 1 aromatic heterocycles. The monoisotopic (exact) mass is 279 g/mol. The van der Waals surface area contributed by atoms with Gasteiger partial charge in [0.25, 0.3) is 0 Å². The molecule has 1 aromatic carbocycles. The number of carbonyl (C=O) groups excluding carboxylic acids is 1. The van der Waals surface area contributed by atoms with Crippen molar-refractivity contribution in [3.8, 4) is 0 Å². The highest BCUT2D eigenvalue weighted by Gasteiger charge is 2.15. The van der Waals surface area contributed by atoms with Crippen molar-refractivity contribution in [3.63, 3.8) is 0 Å². The van der Waals surface area contributed by atoms with Crippen LogP contribution in [0.15, 0.2) is 24.4 Å². The molecule has 1 heterocycles. The van der Waals surface area contributed by atoms with Crippen LogP contribution in [-0.4, -0.2) is 15.9 Å². The van der Waals surface area contributed by atoms with E-state index in [9.17, 15) is 13.6 Å². The van der Waals surface area contributed by atoms with Gasteiger partial charge >= 0.3 is 0 Å². The van der Waals surface area contributed by atoms with Gasteiger partial charge in [-0.2, -0.15) is 0 Å². The lowest BCUT2D eigenvalue weighted by Gasteiger charge is -2.12. The normalized spacial score (nSPS) is 12.2. The number of nitrogens with zero attached hydrogens (tertiary/aromatic N) is 1. The van der Waals surface area contributed by atoms with E-state index in [0.717, 1.165) is 11.8 Å². The minimum Gasteiger partial charge on any atom is -0.346 e. The average Bonchev–Trinajstić information content (AvgIpc) is 2.82. The van der Waals surface area contributed by atoms with Gasteiger partial charge in [0.2, 0.25) is 5.91 Å². The molecule has 0 aliphatic rings. The van der Waals surface area contributed by atoms with Gasteiger partial charge in [-0.3, -0.25) is 4.79 Å². The van der Waals surface area contributed by atoms with E-state index in [1.54, 1.807) is 13.1 Å². The molecule has 0 fully saturated rings. The lowest BCUT2D eigenvalue weighted by molar-refractivity contribution is -0.121. The summed E-state index contributed by atoms with van der Waals surface area (Å²) in [5, 5.41) is 2.68. The SMILES string of the molecule is Cc1cnc(C(C)NC(=O)Cc2cccc(F)c2F)[nH]1. The fourth-order valence-corrected chi connectivity index (χ4v) is 1.87. The number of aromatic amines is 1. The average molecular weight is 279 g/mol. The Morgan fingerprint density at radius 1 is 1.45 bits per heavy atom. The number of amides is 1. The van der Waals surface area contributed by atoms with E-state index >= 15 is 0 Å². The summed E-state index contributed by atoms with van der Waals surface area (Å²) in [5.74, 6) is -1.71. The van der Waals surface area contributed by atoms with E-state index in [0.29, 0.717) is 5.82 Å². The fourth-order valence-electron chi connectivity index (χ4n) is 1.87. The van der Waals surface area contributed by atoms with Gasteiger partial charge in [-0.15, -0.1) is 0 Å². The van der Waals surface area contributed by atoms with Gasteiger partial charge in [-0.25, -0.2) is 13.8 Å². The number of nitrogens with one attached hydrogen (secondary N) is 2. The number of halogens is 2. The van der Waals surface area contributed by atoms with E-state index in [1.807, 2.05) is 6.92 Å². The Balaban J connectivity index is 2.00. The molecular formula is C14H15F2N3O. The molecule has 1 amide bonds. The van der Waals surface area contributed by atoms with Gasteiger partial charge in [0, 0.05) is 17.5 Å². The molecule has 0 spiro atoms. The summed E-state index contributed by atoms with van der Waals surface area (Å²) < 4.78 is 26.5. The third kappa shape index (κ3) is 3.20. The molecule has 0 saturated heterocycles. The number of hydrogen-bond acceptors (Lipinski definition) is 2. The first-order valence-corrected chi connectivity index (χ1v) is 6.21. The number of imidazole rings is 1. The quantitative estimate of drug-likeness (QED) is 0.903. The zero-order valence-electron chi connectivity index (χ0n) is 11.2. The molecule has 2 rings (SSSR count). The molecule has 6 heteroatoms. The van der Waals surface area contributed by atoms with Crippen LogP contribution in [0.1, 0.15) is 30.0 Å². The van der Waals surface area contributed by atoms with Crippen LogP contribution >= 0.6 is 0 Å². The Bertz CT molecular complexity index is 625. The van der Waals surface area contributed by atoms with Crippen LogP contribution in [0.3, 0.4) is 0 Å². The maximum atomic E-state index is 13.5. The summed E-state index contributed by atoms with van der Waals surface area (Å²) in [6, 6.07) is 3.46. The molecule has 0 bridgehead atoms. The highest BCUT2D eigenvalue weighted by molar-refractivity contribution is 5.78. The van der Waals surface area contributed by atoms with Crippen LogP contribution in [0.2, 0.25) is 0 Å². The first-order valence-electron chi connectivity index (χ1n) is 6.21. The Morgan fingerprint density at radius 3 is 2.85 bits per heavy atom. The zero-order valence-corrected chi connectivity index (χ0v) is 11.2. The zero-order chi connectivity index (χ0) is 14.7. The van der Waals surface area contributed by atoms with Crippen LogP contribution in [-0.2, 0) is 11.2 Å². The maximum Gasteiger partial charge on any atom is 0.225 e. The van der Waals surface area contributed by atoms with Crippen molar-refractivity contribution in [2.75, 3.05) is 0 Å². The molecule has 1 atom stereocenters. The first-order chi connectivity index (χ1) is 9.47. The molecule has 0 aliphatic carbocycles. The molecule has 4 nitrogen and oxygen atoms in total. The number of hydrogen-bond donors (Lipinski definition) is 2. The number of rotatable bonds is 4. The summed E-state index contributed by atoms with van der Waals surface area (Å²) in [6.45, 7) is 3.62. The standard InChI is InChI=1S/C14H15F2N3O/c1-8-7-17-14(18-8)9(2)19-12(20)6-10-4-3-5-11(15)13(10)16/h3-5,7,9H,6H2,1-2H3,(H,17,18)(H,19,20). The Hall–Kier alpha value is -2.24. The summed E-state index contributed by atoms with van der Waals surface area (Å²) in [6.07, 6.45) is 1.44. The van der Waals surface area contributed by atoms with Crippen LogP contribution < -0.4 is 5.32 Å². The van der Waals surface area contributed by atoms with Crippen molar-refractivity contribution in [2.45, 2.75) is 26.3 Å².